The van der Waals surface area contributed by atoms with Crippen molar-refractivity contribution in [3.05, 3.63) is 41.4 Å². The number of anilines is 2. The number of carbonyl (C=O) groups excluding carboxylic acids is 1. The minimum absolute atomic E-state index is 0.0284. The van der Waals surface area contributed by atoms with Crippen molar-refractivity contribution in [1.82, 2.24) is 4.98 Å². The lowest BCUT2D eigenvalue weighted by molar-refractivity contribution is -0.114. The van der Waals surface area contributed by atoms with Crippen molar-refractivity contribution in [1.29, 1.82) is 0 Å². The lowest BCUT2D eigenvalue weighted by Gasteiger charge is -2.11. The molecule has 0 aliphatic rings. The van der Waals surface area contributed by atoms with Crippen molar-refractivity contribution in [3.63, 3.8) is 0 Å². The first-order valence-corrected chi connectivity index (χ1v) is 10.0. The molecule has 3 rings (SSSR count). The first-order chi connectivity index (χ1) is 12.3. The molecule has 136 valence electrons. The van der Waals surface area contributed by atoms with Gasteiger partial charge in [-0.05, 0) is 36.4 Å². The molecule has 0 radical (unpaired) electrons. The Kier molecular flexibility index (Phi) is 5.03. The van der Waals surface area contributed by atoms with Crippen molar-refractivity contribution in [2.75, 3.05) is 17.1 Å². The third-order valence-electron chi connectivity index (χ3n) is 3.36. The number of aromatic nitrogens is 1. The minimum Gasteiger partial charge on any atom is -0.495 e. The van der Waals surface area contributed by atoms with Crippen LogP contribution in [0.1, 0.15) is 6.92 Å². The van der Waals surface area contributed by atoms with Gasteiger partial charge < -0.3 is 10.1 Å². The zero-order chi connectivity index (χ0) is 18.9. The number of hydrogen-bond donors (Lipinski definition) is 2. The molecule has 1 aromatic heterocycles. The Labute approximate surface area is 159 Å². The van der Waals surface area contributed by atoms with Crippen LogP contribution >= 0.6 is 22.9 Å². The summed E-state index contributed by atoms with van der Waals surface area (Å²) in [4.78, 5) is 15.5. The number of sulfonamides is 1. The molecule has 0 unspecified atom stereocenters. The molecule has 10 heteroatoms. The number of fused-ring (bicyclic) bond motifs is 1. The second-order valence-corrected chi connectivity index (χ2v) is 8.43. The summed E-state index contributed by atoms with van der Waals surface area (Å²) in [6.07, 6.45) is 0. The van der Waals surface area contributed by atoms with Gasteiger partial charge in [-0.3, -0.25) is 9.52 Å². The zero-order valence-corrected chi connectivity index (χ0v) is 16.1. The highest BCUT2D eigenvalue weighted by molar-refractivity contribution is 7.93. The van der Waals surface area contributed by atoms with E-state index in [9.17, 15) is 13.2 Å². The molecule has 0 aliphatic carbocycles. The maximum atomic E-state index is 12.7. The SMILES string of the molecule is COc1ccc(S(=O)(=O)Nc2nc3ccc(Cl)cc3s2)cc1NC(C)=O. The number of nitrogens with one attached hydrogen (secondary N) is 2. The largest absolute Gasteiger partial charge is 0.495 e. The quantitative estimate of drug-likeness (QED) is 0.666. The normalized spacial score (nSPS) is 11.3. The van der Waals surface area contributed by atoms with Gasteiger partial charge >= 0.3 is 0 Å². The molecule has 2 N–H and O–H groups in total. The van der Waals surface area contributed by atoms with E-state index in [1.54, 1.807) is 18.2 Å². The Morgan fingerprint density at radius 3 is 2.69 bits per heavy atom. The van der Waals surface area contributed by atoms with Crippen LogP contribution in [0.15, 0.2) is 41.3 Å². The topological polar surface area (TPSA) is 97.4 Å². The molecule has 7 nitrogen and oxygen atoms in total. The van der Waals surface area contributed by atoms with Crippen LogP contribution < -0.4 is 14.8 Å². The average Bonchev–Trinajstić information content (AvgIpc) is 2.94. The van der Waals surface area contributed by atoms with E-state index < -0.39 is 10.0 Å². The maximum Gasteiger partial charge on any atom is 0.263 e. The Morgan fingerprint density at radius 1 is 1.23 bits per heavy atom. The molecule has 2 aromatic carbocycles. The molecule has 0 saturated carbocycles. The number of methoxy groups -OCH3 is 1. The number of nitrogens with zero attached hydrogens (tertiary/aromatic N) is 1. The van der Waals surface area contributed by atoms with Gasteiger partial charge in [0.2, 0.25) is 5.91 Å². The number of hydrogen-bond acceptors (Lipinski definition) is 6. The molecular weight excluding hydrogens is 398 g/mol. The molecule has 0 bridgehead atoms. The Balaban J connectivity index is 1.94. The van der Waals surface area contributed by atoms with E-state index in [1.807, 2.05) is 0 Å². The Morgan fingerprint density at radius 2 is 2.00 bits per heavy atom. The van der Waals surface area contributed by atoms with E-state index in [4.69, 9.17) is 16.3 Å². The van der Waals surface area contributed by atoms with E-state index in [0.717, 1.165) is 4.70 Å². The number of amides is 1. The van der Waals surface area contributed by atoms with Crippen LogP contribution in [0.4, 0.5) is 10.8 Å². The molecule has 0 spiro atoms. The molecule has 3 aromatic rings. The number of rotatable bonds is 5. The summed E-state index contributed by atoms with van der Waals surface area (Å²) in [6.45, 7) is 1.32. The van der Waals surface area contributed by atoms with Gasteiger partial charge in [0.25, 0.3) is 10.0 Å². The van der Waals surface area contributed by atoms with Crippen LogP contribution in [0.25, 0.3) is 10.2 Å². The first kappa shape index (κ1) is 18.4. The summed E-state index contributed by atoms with van der Waals surface area (Å²) in [5.41, 5.74) is 0.907. The summed E-state index contributed by atoms with van der Waals surface area (Å²) >= 11 is 7.11. The van der Waals surface area contributed by atoms with E-state index in [0.29, 0.717) is 16.3 Å². The van der Waals surface area contributed by atoms with E-state index >= 15 is 0 Å². The van der Waals surface area contributed by atoms with Gasteiger partial charge in [-0.2, -0.15) is 0 Å². The highest BCUT2D eigenvalue weighted by atomic mass is 35.5. The van der Waals surface area contributed by atoms with Crippen molar-refractivity contribution in [2.24, 2.45) is 0 Å². The molecule has 1 amide bonds. The molecular formula is C16H14ClN3O4S2. The van der Waals surface area contributed by atoms with Crippen LogP contribution in [0, 0.1) is 0 Å². The van der Waals surface area contributed by atoms with Crippen molar-refractivity contribution < 1.29 is 17.9 Å². The van der Waals surface area contributed by atoms with Gasteiger partial charge in [0, 0.05) is 11.9 Å². The average molecular weight is 412 g/mol. The number of halogens is 1. The van der Waals surface area contributed by atoms with Crippen LogP contribution in [0.5, 0.6) is 5.75 Å². The summed E-state index contributed by atoms with van der Waals surface area (Å²) in [5, 5.41) is 3.31. The van der Waals surface area contributed by atoms with Crippen molar-refractivity contribution >= 4 is 59.9 Å². The number of carbonyl (C=O) groups is 1. The van der Waals surface area contributed by atoms with Crippen LogP contribution in [0.2, 0.25) is 5.02 Å². The fraction of sp³-hybridized carbons (Fsp3) is 0.125. The standard InChI is InChI=1S/C16H14ClN3O4S2/c1-9(21)18-13-8-11(4-6-14(13)24-2)26(22,23)20-16-19-12-5-3-10(17)7-15(12)25-16/h3-8H,1-2H3,(H,18,21)(H,19,20). The minimum atomic E-state index is -3.90. The van der Waals surface area contributed by atoms with Crippen molar-refractivity contribution in [3.8, 4) is 5.75 Å². The number of ether oxygens (including phenoxy) is 1. The van der Waals surface area contributed by atoms with Gasteiger partial charge in [0.05, 0.1) is 27.9 Å². The molecule has 0 saturated heterocycles. The predicted octanol–water partition coefficient (Wildman–Crippen LogP) is 3.72. The molecule has 0 atom stereocenters. The molecule has 1 heterocycles. The molecule has 0 fully saturated rings. The smallest absolute Gasteiger partial charge is 0.263 e. The predicted molar refractivity (Wildman–Crippen MR) is 103 cm³/mol. The van der Waals surface area contributed by atoms with Crippen LogP contribution in [-0.4, -0.2) is 26.4 Å². The Bertz CT molecular complexity index is 1100. The maximum absolute atomic E-state index is 12.7. The van der Waals surface area contributed by atoms with Gasteiger partial charge in [0.15, 0.2) is 5.13 Å². The fourth-order valence-corrected chi connectivity index (χ4v) is 4.66. The van der Waals surface area contributed by atoms with Crippen molar-refractivity contribution in [2.45, 2.75) is 11.8 Å². The van der Waals surface area contributed by atoms with Gasteiger partial charge in [-0.15, -0.1) is 0 Å². The number of benzene rings is 2. The third-order valence-corrected chi connectivity index (χ3v) is 6.00. The second-order valence-electron chi connectivity index (χ2n) is 5.28. The van der Waals surface area contributed by atoms with Gasteiger partial charge in [-0.1, -0.05) is 22.9 Å². The zero-order valence-electron chi connectivity index (χ0n) is 13.7. The summed E-state index contributed by atoms with van der Waals surface area (Å²) in [6, 6.07) is 9.30. The monoisotopic (exact) mass is 411 g/mol. The van der Waals surface area contributed by atoms with Gasteiger partial charge in [-0.25, -0.2) is 13.4 Å². The molecule has 26 heavy (non-hydrogen) atoms. The third kappa shape index (κ3) is 3.90. The summed E-state index contributed by atoms with van der Waals surface area (Å²) in [7, 11) is -2.47. The summed E-state index contributed by atoms with van der Waals surface area (Å²) < 4.78 is 33.7. The fourth-order valence-electron chi connectivity index (χ4n) is 2.26. The molecule has 0 aliphatic heterocycles. The van der Waals surface area contributed by atoms with Gasteiger partial charge in [0.1, 0.15) is 5.75 Å². The van der Waals surface area contributed by atoms with E-state index in [1.165, 1.54) is 43.6 Å². The first-order valence-electron chi connectivity index (χ1n) is 7.33. The van der Waals surface area contributed by atoms with E-state index in [2.05, 4.69) is 15.0 Å². The van der Waals surface area contributed by atoms with Crippen LogP contribution in [-0.2, 0) is 14.8 Å². The number of thiazole rings is 1. The van der Waals surface area contributed by atoms with Crippen LogP contribution in [0.3, 0.4) is 0 Å². The highest BCUT2D eigenvalue weighted by Crippen LogP contribution is 2.31. The van der Waals surface area contributed by atoms with E-state index in [-0.39, 0.29) is 21.6 Å². The lowest BCUT2D eigenvalue weighted by Crippen LogP contribution is -2.14. The summed E-state index contributed by atoms with van der Waals surface area (Å²) in [5.74, 6) is 0.0163. The Hall–Kier alpha value is -2.36. The lowest BCUT2D eigenvalue weighted by atomic mass is 10.3. The second kappa shape index (κ2) is 7.10. The highest BCUT2D eigenvalue weighted by Gasteiger charge is 2.19.